The highest BCUT2D eigenvalue weighted by atomic mass is 35.5. The number of phenolic OH excluding ortho intramolecular Hbond substituents is 2. The summed E-state index contributed by atoms with van der Waals surface area (Å²) in [5, 5.41) is 41.2. The van der Waals surface area contributed by atoms with E-state index < -0.39 is 52.0 Å². The SMILES string of the molecule is COc1ccc(C2C3CCCCN3C3(C(=O)NC4=C3CC(Cl)C=C4)C2/C(O)=C/C(=O)C2C3CCCCN3C3(C(=O)Nc4ccc(Cl)cc43)C2c2ccc(O)c(OC)c2)cc1O. The molecule has 9 atom stereocenters. The lowest BCUT2D eigenvalue weighted by atomic mass is 9.68. The lowest BCUT2D eigenvalue weighted by Gasteiger charge is -2.43. The molecule has 61 heavy (non-hydrogen) atoms. The topological polar surface area (TPSA) is 161 Å². The molecule has 0 radical (unpaired) electrons. The Hall–Kier alpha value is -5.01. The lowest BCUT2D eigenvalue weighted by molar-refractivity contribution is -0.131. The molecular weight excluding hydrogens is 819 g/mol. The molecule has 6 aliphatic heterocycles. The Morgan fingerprint density at radius 2 is 1.54 bits per heavy atom. The van der Waals surface area contributed by atoms with E-state index in [1.54, 1.807) is 42.5 Å². The molecule has 4 saturated heterocycles. The van der Waals surface area contributed by atoms with E-state index in [-0.39, 0.29) is 46.6 Å². The number of carbonyl (C=O) groups excluding carboxylic acids is 3. The van der Waals surface area contributed by atoms with E-state index in [0.717, 1.165) is 37.7 Å². The van der Waals surface area contributed by atoms with E-state index in [9.17, 15) is 24.9 Å². The maximum Gasteiger partial charge on any atom is 0.250 e. The molecule has 10 rings (SSSR count). The quantitative estimate of drug-likeness (QED) is 0.0938. The average molecular weight is 868 g/mol. The maximum atomic E-state index is 15.7. The van der Waals surface area contributed by atoms with Crippen molar-refractivity contribution in [2.45, 2.75) is 85.3 Å². The van der Waals surface area contributed by atoms with Crippen LogP contribution >= 0.6 is 23.2 Å². The number of carbonyl (C=O) groups is 3. The number of aliphatic hydroxyl groups excluding tert-OH is 1. The highest BCUT2D eigenvalue weighted by Crippen LogP contribution is 2.63. The summed E-state index contributed by atoms with van der Waals surface area (Å²) in [6.07, 6.45) is 10.0. The number of ketones is 1. The fourth-order valence-electron chi connectivity index (χ4n) is 12.6. The summed E-state index contributed by atoms with van der Waals surface area (Å²) in [5.41, 5.74) is 1.22. The van der Waals surface area contributed by atoms with Gasteiger partial charge in [-0.2, -0.15) is 0 Å². The number of methoxy groups -OCH3 is 2. The average Bonchev–Trinajstić information content (AvgIpc) is 3.93. The van der Waals surface area contributed by atoms with E-state index in [2.05, 4.69) is 20.4 Å². The first-order valence-corrected chi connectivity index (χ1v) is 22.0. The number of allylic oxidation sites excluding steroid dienone is 3. The van der Waals surface area contributed by atoms with Gasteiger partial charge in [-0.25, -0.2) is 0 Å². The molecule has 14 heteroatoms. The van der Waals surface area contributed by atoms with Crippen LogP contribution in [0.2, 0.25) is 5.02 Å². The lowest BCUT2D eigenvalue weighted by Crippen LogP contribution is -2.59. The van der Waals surface area contributed by atoms with Gasteiger partial charge in [0.1, 0.15) is 16.8 Å². The van der Waals surface area contributed by atoms with Gasteiger partial charge in [0.25, 0.3) is 0 Å². The van der Waals surface area contributed by atoms with Crippen LogP contribution in [-0.4, -0.2) is 93.0 Å². The molecule has 6 heterocycles. The van der Waals surface area contributed by atoms with Crippen LogP contribution in [0.1, 0.15) is 73.5 Å². The predicted molar refractivity (Wildman–Crippen MR) is 229 cm³/mol. The van der Waals surface area contributed by atoms with Crippen LogP contribution in [0, 0.1) is 11.8 Å². The number of halogens is 2. The zero-order valence-electron chi connectivity index (χ0n) is 33.9. The Morgan fingerprint density at radius 3 is 2.28 bits per heavy atom. The van der Waals surface area contributed by atoms with Gasteiger partial charge in [0.15, 0.2) is 28.8 Å². The molecule has 12 nitrogen and oxygen atoms in total. The van der Waals surface area contributed by atoms with Gasteiger partial charge in [0, 0.05) is 57.9 Å². The van der Waals surface area contributed by atoms with E-state index in [1.807, 2.05) is 18.2 Å². The van der Waals surface area contributed by atoms with E-state index >= 15 is 4.79 Å². The molecular formula is C47H48Cl2N4O8. The summed E-state index contributed by atoms with van der Waals surface area (Å²) in [4.78, 5) is 49.9. The van der Waals surface area contributed by atoms with Crippen LogP contribution in [0.15, 0.2) is 89.9 Å². The van der Waals surface area contributed by atoms with Crippen molar-refractivity contribution in [1.82, 2.24) is 15.1 Å². The second-order valence-corrected chi connectivity index (χ2v) is 18.5. The van der Waals surface area contributed by atoms with Crippen molar-refractivity contribution in [2.75, 3.05) is 32.6 Å². The second kappa shape index (κ2) is 14.8. The molecule has 1 aliphatic carbocycles. The maximum absolute atomic E-state index is 15.7. The molecule has 0 bridgehead atoms. The molecule has 0 saturated carbocycles. The number of aromatic hydroxyl groups is 2. The van der Waals surface area contributed by atoms with Gasteiger partial charge in [0.2, 0.25) is 11.8 Å². The number of ether oxygens (including phenoxy) is 2. The molecule has 2 amide bonds. The zero-order valence-corrected chi connectivity index (χ0v) is 35.4. The number of amides is 2. The molecule has 0 aromatic heterocycles. The molecule has 3 aromatic rings. The third-order valence-electron chi connectivity index (χ3n) is 14.8. The van der Waals surface area contributed by atoms with Gasteiger partial charge in [-0.15, -0.1) is 11.6 Å². The van der Waals surface area contributed by atoms with Crippen LogP contribution in [0.3, 0.4) is 0 Å². The minimum absolute atomic E-state index is 0.0742. The van der Waals surface area contributed by atoms with Crippen molar-refractivity contribution in [2.24, 2.45) is 11.8 Å². The number of aliphatic hydroxyl groups is 1. The molecule has 318 valence electrons. The van der Waals surface area contributed by atoms with E-state index in [1.165, 1.54) is 26.4 Å². The second-order valence-electron chi connectivity index (χ2n) is 17.5. The number of nitrogens with zero attached hydrogens (tertiary/aromatic N) is 2. The van der Waals surface area contributed by atoms with E-state index in [0.29, 0.717) is 59.0 Å². The van der Waals surface area contributed by atoms with Crippen LogP contribution in [0.5, 0.6) is 23.0 Å². The molecule has 2 spiro atoms. The molecule has 9 unspecified atom stereocenters. The smallest absolute Gasteiger partial charge is 0.250 e. The van der Waals surface area contributed by atoms with Crippen molar-refractivity contribution in [3.05, 3.63) is 112 Å². The van der Waals surface area contributed by atoms with Crippen molar-refractivity contribution < 1.29 is 39.2 Å². The van der Waals surface area contributed by atoms with Crippen molar-refractivity contribution in [3.63, 3.8) is 0 Å². The summed E-state index contributed by atoms with van der Waals surface area (Å²) in [6.45, 7) is 1.11. The largest absolute Gasteiger partial charge is 0.512 e. The van der Waals surface area contributed by atoms with Crippen molar-refractivity contribution >= 4 is 46.5 Å². The number of rotatable bonds is 7. The standard InChI is InChI=1S/C47H48Cl2N4O8/c1-60-38-16-10-24(19-35(38)55)40-32-7-3-5-17-52(32)47(29-22-27(49)12-14-31(29)51-45(47)59)43(40)37(57)23-36(56)41-33-8-4-6-18-53(33)46(28-21-26(48)11-13-30(28)50-44(46)58)42(41)25-9-15-34(54)39(20-25)61-2/h9-16,19-21,23,27,32-33,40-43,54-55,57H,3-8,17-18,22H2,1-2H3,(H,50,58)(H,51,59)/b37-23-. The van der Waals surface area contributed by atoms with Gasteiger partial charge < -0.3 is 35.4 Å². The number of anilines is 1. The van der Waals surface area contributed by atoms with Crippen LogP contribution < -0.4 is 20.1 Å². The summed E-state index contributed by atoms with van der Waals surface area (Å²) in [5.74, 6) is -4.09. The number of piperidine rings is 2. The normalized spacial score (nSPS) is 33.0. The highest BCUT2D eigenvalue weighted by Gasteiger charge is 2.70. The van der Waals surface area contributed by atoms with Crippen molar-refractivity contribution in [3.8, 4) is 23.0 Å². The Morgan fingerprint density at radius 1 is 0.836 bits per heavy atom. The third-order valence-corrected chi connectivity index (χ3v) is 15.3. The number of hydrogen-bond donors (Lipinski definition) is 5. The Labute approximate surface area is 363 Å². The molecule has 3 aromatic carbocycles. The summed E-state index contributed by atoms with van der Waals surface area (Å²) < 4.78 is 11.0. The molecule has 5 N–H and O–H groups in total. The van der Waals surface area contributed by atoms with E-state index in [4.69, 9.17) is 32.7 Å². The monoisotopic (exact) mass is 866 g/mol. The Balaban J connectivity index is 1.18. The van der Waals surface area contributed by atoms with Crippen LogP contribution in [0.4, 0.5) is 5.69 Å². The van der Waals surface area contributed by atoms with Gasteiger partial charge in [-0.05, 0) is 110 Å². The summed E-state index contributed by atoms with van der Waals surface area (Å²) >= 11 is 13.5. The van der Waals surface area contributed by atoms with Gasteiger partial charge in [-0.1, -0.05) is 42.7 Å². The number of hydrogen-bond acceptors (Lipinski definition) is 10. The number of benzene rings is 3. The van der Waals surface area contributed by atoms with Gasteiger partial charge in [0.05, 0.1) is 25.5 Å². The first kappa shape index (κ1) is 40.1. The van der Waals surface area contributed by atoms with Crippen molar-refractivity contribution in [1.29, 1.82) is 0 Å². The highest BCUT2D eigenvalue weighted by molar-refractivity contribution is 6.31. The van der Waals surface area contributed by atoms with Gasteiger partial charge >= 0.3 is 0 Å². The Bertz CT molecular complexity index is 2470. The fourth-order valence-corrected chi connectivity index (χ4v) is 13.0. The van der Waals surface area contributed by atoms with Crippen LogP contribution in [0.25, 0.3) is 0 Å². The minimum atomic E-state index is -1.39. The third kappa shape index (κ3) is 5.67. The number of phenols is 2. The zero-order chi connectivity index (χ0) is 42.5. The van der Waals surface area contributed by atoms with Crippen LogP contribution in [-0.2, 0) is 19.9 Å². The summed E-state index contributed by atoms with van der Waals surface area (Å²) in [7, 11) is 2.93. The first-order valence-electron chi connectivity index (χ1n) is 21.2. The molecule has 7 aliphatic rings. The summed E-state index contributed by atoms with van der Waals surface area (Å²) in [6, 6.07) is 14.8. The number of alkyl halides is 1. The molecule has 4 fully saturated rings. The Kier molecular flexibility index (Phi) is 9.74. The predicted octanol–water partition coefficient (Wildman–Crippen LogP) is 7.15. The first-order chi connectivity index (χ1) is 29.4. The fraction of sp³-hybridized carbons (Fsp3) is 0.426. The minimum Gasteiger partial charge on any atom is -0.512 e. The number of fused-ring (bicyclic) bond motifs is 7. The number of nitrogens with one attached hydrogen (secondary N) is 2. The van der Waals surface area contributed by atoms with Gasteiger partial charge in [-0.3, -0.25) is 24.2 Å².